The lowest BCUT2D eigenvalue weighted by Crippen LogP contribution is -2.38. The van der Waals surface area contributed by atoms with Gasteiger partial charge in [0.15, 0.2) is 0 Å². The Hall–Kier alpha value is -1.02. The SMILES string of the molecule is CCC(C)CC(CC)NC(C)Cc1ccccc1OC. The first-order chi connectivity index (χ1) is 9.60. The molecule has 3 atom stereocenters. The number of rotatable bonds is 9. The fourth-order valence-electron chi connectivity index (χ4n) is 2.67. The lowest BCUT2D eigenvalue weighted by atomic mass is 9.96. The van der Waals surface area contributed by atoms with Crippen molar-refractivity contribution >= 4 is 0 Å². The van der Waals surface area contributed by atoms with Gasteiger partial charge in [-0.3, -0.25) is 0 Å². The summed E-state index contributed by atoms with van der Waals surface area (Å²) in [4.78, 5) is 0. The molecule has 3 unspecified atom stereocenters. The Morgan fingerprint density at radius 1 is 1.10 bits per heavy atom. The Balaban J connectivity index is 2.55. The quantitative estimate of drug-likeness (QED) is 0.721. The molecule has 0 saturated carbocycles. The van der Waals surface area contributed by atoms with Crippen molar-refractivity contribution in [2.75, 3.05) is 7.11 Å². The van der Waals surface area contributed by atoms with Crippen LogP contribution >= 0.6 is 0 Å². The van der Waals surface area contributed by atoms with Gasteiger partial charge in [0.2, 0.25) is 0 Å². The first-order valence-corrected chi connectivity index (χ1v) is 7.98. The molecule has 1 N–H and O–H groups in total. The zero-order valence-corrected chi connectivity index (χ0v) is 13.8. The highest BCUT2D eigenvalue weighted by molar-refractivity contribution is 5.33. The summed E-state index contributed by atoms with van der Waals surface area (Å²) in [5.41, 5.74) is 1.29. The Morgan fingerprint density at radius 2 is 1.80 bits per heavy atom. The maximum Gasteiger partial charge on any atom is 0.122 e. The molecule has 0 fully saturated rings. The van der Waals surface area contributed by atoms with Crippen LogP contribution in [-0.4, -0.2) is 19.2 Å². The van der Waals surface area contributed by atoms with E-state index in [2.05, 4.69) is 45.1 Å². The maximum absolute atomic E-state index is 5.43. The van der Waals surface area contributed by atoms with E-state index in [0.717, 1.165) is 18.1 Å². The van der Waals surface area contributed by atoms with E-state index in [4.69, 9.17) is 4.74 Å². The van der Waals surface area contributed by atoms with Gasteiger partial charge in [-0.05, 0) is 43.7 Å². The molecule has 2 nitrogen and oxygen atoms in total. The Labute approximate surface area is 124 Å². The first kappa shape index (κ1) is 17.0. The molecule has 0 bridgehead atoms. The highest BCUT2D eigenvalue weighted by atomic mass is 16.5. The Morgan fingerprint density at radius 3 is 2.40 bits per heavy atom. The van der Waals surface area contributed by atoms with Crippen molar-refractivity contribution in [2.45, 2.75) is 65.5 Å². The molecule has 1 aromatic carbocycles. The lowest BCUT2D eigenvalue weighted by molar-refractivity contribution is 0.351. The summed E-state index contributed by atoms with van der Waals surface area (Å²) >= 11 is 0. The second-order valence-corrected chi connectivity index (χ2v) is 5.94. The predicted octanol–water partition coefficient (Wildman–Crippen LogP) is 4.43. The van der Waals surface area contributed by atoms with E-state index >= 15 is 0 Å². The molecular weight excluding hydrogens is 246 g/mol. The average molecular weight is 277 g/mol. The molecule has 0 aromatic heterocycles. The molecular formula is C18H31NO. The molecule has 0 aliphatic heterocycles. The molecule has 0 radical (unpaired) electrons. The van der Waals surface area contributed by atoms with E-state index in [1.165, 1.54) is 24.8 Å². The van der Waals surface area contributed by atoms with Gasteiger partial charge in [0.1, 0.15) is 5.75 Å². The number of methoxy groups -OCH3 is 1. The van der Waals surface area contributed by atoms with E-state index in [-0.39, 0.29) is 0 Å². The lowest BCUT2D eigenvalue weighted by Gasteiger charge is -2.25. The fraction of sp³-hybridized carbons (Fsp3) is 0.667. The fourth-order valence-corrected chi connectivity index (χ4v) is 2.67. The predicted molar refractivity (Wildman–Crippen MR) is 87.4 cm³/mol. The van der Waals surface area contributed by atoms with Crippen LogP contribution in [0.25, 0.3) is 0 Å². The number of ether oxygens (including phenoxy) is 1. The van der Waals surface area contributed by atoms with E-state index < -0.39 is 0 Å². The molecule has 114 valence electrons. The summed E-state index contributed by atoms with van der Waals surface area (Å²) in [6, 6.07) is 9.40. The number of hydrogen-bond donors (Lipinski definition) is 1. The maximum atomic E-state index is 5.43. The van der Waals surface area contributed by atoms with Crippen LogP contribution in [0.3, 0.4) is 0 Å². The van der Waals surface area contributed by atoms with Crippen LogP contribution in [0.2, 0.25) is 0 Å². The molecule has 2 heteroatoms. The first-order valence-electron chi connectivity index (χ1n) is 7.98. The number of hydrogen-bond acceptors (Lipinski definition) is 2. The minimum absolute atomic E-state index is 0.473. The summed E-state index contributed by atoms with van der Waals surface area (Å²) in [6.07, 6.45) is 4.74. The summed E-state index contributed by atoms with van der Waals surface area (Å²) in [7, 11) is 1.74. The normalized spacial score (nSPS) is 15.7. The molecule has 0 heterocycles. The average Bonchev–Trinajstić information content (AvgIpc) is 2.46. The molecule has 1 rings (SSSR count). The number of para-hydroxylation sites is 1. The minimum atomic E-state index is 0.473. The van der Waals surface area contributed by atoms with Gasteiger partial charge in [-0.15, -0.1) is 0 Å². The van der Waals surface area contributed by atoms with Gasteiger partial charge in [0.25, 0.3) is 0 Å². The van der Waals surface area contributed by atoms with Gasteiger partial charge in [-0.2, -0.15) is 0 Å². The van der Waals surface area contributed by atoms with Gasteiger partial charge in [-0.25, -0.2) is 0 Å². The van der Waals surface area contributed by atoms with Crippen molar-refractivity contribution in [3.8, 4) is 5.75 Å². The number of nitrogens with one attached hydrogen (secondary N) is 1. The van der Waals surface area contributed by atoms with Gasteiger partial charge in [0.05, 0.1) is 7.11 Å². The third-order valence-corrected chi connectivity index (χ3v) is 4.12. The van der Waals surface area contributed by atoms with Gasteiger partial charge >= 0.3 is 0 Å². The zero-order valence-electron chi connectivity index (χ0n) is 13.8. The van der Waals surface area contributed by atoms with E-state index in [1.807, 2.05) is 12.1 Å². The highest BCUT2D eigenvalue weighted by Crippen LogP contribution is 2.20. The van der Waals surface area contributed by atoms with Crippen LogP contribution in [-0.2, 0) is 6.42 Å². The topological polar surface area (TPSA) is 21.3 Å². The minimum Gasteiger partial charge on any atom is -0.496 e. The molecule has 0 saturated heterocycles. The summed E-state index contributed by atoms with van der Waals surface area (Å²) in [5.74, 6) is 1.79. The smallest absolute Gasteiger partial charge is 0.122 e. The molecule has 0 aliphatic rings. The highest BCUT2D eigenvalue weighted by Gasteiger charge is 2.14. The summed E-state index contributed by atoms with van der Waals surface area (Å²) < 4.78 is 5.43. The Kier molecular flexibility index (Phi) is 7.68. The van der Waals surface area contributed by atoms with Crippen LogP contribution in [0.15, 0.2) is 24.3 Å². The van der Waals surface area contributed by atoms with E-state index in [0.29, 0.717) is 12.1 Å². The molecule has 0 spiro atoms. The van der Waals surface area contributed by atoms with Crippen LogP contribution in [0.5, 0.6) is 5.75 Å². The van der Waals surface area contributed by atoms with Crippen molar-refractivity contribution in [1.29, 1.82) is 0 Å². The van der Waals surface area contributed by atoms with Gasteiger partial charge < -0.3 is 10.1 Å². The standard InChI is InChI=1S/C18H31NO/c1-6-14(3)12-17(7-2)19-15(4)13-16-10-8-9-11-18(16)20-5/h8-11,14-15,17,19H,6-7,12-13H2,1-5H3. The van der Waals surface area contributed by atoms with Gasteiger partial charge in [0, 0.05) is 12.1 Å². The van der Waals surface area contributed by atoms with Crippen LogP contribution in [0.4, 0.5) is 0 Å². The van der Waals surface area contributed by atoms with Crippen LogP contribution in [0.1, 0.15) is 52.5 Å². The van der Waals surface area contributed by atoms with Crippen LogP contribution < -0.4 is 10.1 Å². The van der Waals surface area contributed by atoms with Crippen LogP contribution in [0, 0.1) is 5.92 Å². The van der Waals surface area contributed by atoms with E-state index in [1.54, 1.807) is 7.11 Å². The molecule has 0 amide bonds. The zero-order chi connectivity index (χ0) is 15.0. The molecule has 0 aliphatic carbocycles. The third kappa shape index (κ3) is 5.54. The number of benzene rings is 1. The largest absolute Gasteiger partial charge is 0.496 e. The monoisotopic (exact) mass is 277 g/mol. The molecule has 1 aromatic rings. The molecule has 20 heavy (non-hydrogen) atoms. The summed E-state index contributed by atoms with van der Waals surface area (Å²) in [6.45, 7) is 9.16. The van der Waals surface area contributed by atoms with Crippen molar-refractivity contribution in [2.24, 2.45) is 5.92 Å². The van der Waals surface area contributed by atoms with Gasteiger partial charge in [-0.1, -0.05) is 45.4 Å². The second-order valence-electron chi connectivity index (χ2n) is 5.94. The Bertz CT molecular complexity index is 377. The third-order valence-electron chi connectivity index (χ3n) is 4.12. The van der Waals surface area contributed by atoms with E-state index in [9.17, 15) is 0 Å². The second kappa shape index (κ2) is 9.02. The van der Waals surface area contributed by atoms with Crippen molar-refractivity contribution in [1.82, 2.24) is 5.32 Å². The van der Waals surface area contributed by atoms with Crippen molar-refractivity contribution in [3.05, 3.63) is 29.8 Å². The van der Waals surface area contributed by atoms with Crippen molar-refractivity contribution in [3.63, 3.8) is 0 Å². The van der Waals surface area contributed by atoms with Crippen molar-refractivity contribution < 1.29 is 4.74 Å². The summed E-state index contributed by atoms with van der Waals surface area (Å²) in [5, 5.41) is 3.78.